The Morgan fingerprint density at radius 3 is 2.76 bits per heavy atom. The fraction of sp³-hybridized carbons (Fsp3) is 0.545. The van der Waals surface area contributed by atoms with Gasteiger partial charge in [0.1, 0.15) is 6.04 Å². The third-order valence-corrected chi connectivity index (χ3v) is 3.26. The molecule has 0 saturated carbocycles. The van der Waals surface area contributed by atoms with Crippen molar-refractivity contribution in [1.29, 1.82) is 0 Å². The summed E-state index contributed by atoms with van der Waals surface area (Å²) in [5, 5.41) is 13.0. The lowest BCUT2D eigenvalue weighted by Crippen LogP contribution is -2.40. The maximum Gasteiger partial charge on any atom is 0.326 e. The molecule has 6 nitrogen and oxygen atoms in total. The fourth-order valence-electron chi connectivity index (χ4n) is 2.13. The summed E-state index contributed by atoms with van der Waals surface area (Å²) in [6.07, 6.45) is 2.76. The van der Waals surface area contributed by atoms with Gasteiger partial charge in [0.2, 0.25) is 0 Å². The third-order valence-electron chi connectivity index (χ3n) is 3.26. The normalized spacial score (nSPS) is 19.6. The van der Waals surface area contributed by atoms with Crippen LogP contribution in [-0.4, -0.2) is 44.3 Å². The Labute approximate surface area is 98.8 Å². The van der Waals surface area contributed by atoms with Crippen LogP contribution in [0.25, 0.3) is 0 Å². The molecule has 1 N–H and O–H groups in total. The zero-order valence-corrected chi connectivity index (χ0v) is 9.88. The minimum atomic E-state index is -0.933. The molecule has 1 fully saturated rings. The average molecular weight is 237 g/mol. The predicted octanol–water partition coefficient (Wildman–Crippen LogP) is 0.418. The Hall–Kier alpha value is -1.85. The summed E-state index contributed by atoms with van der Waals surface area (Å²) in [5.74, 6) is -1.17. The third kappa shape index (κ3) is 1.90. The van der Waals surface area contributed by atoms with Crippen LogP contribution in [-0.2, 0) is 11.8 Å². The summed E-state index contributed by atoms with van der Waals surface area (Å²) in [4.78, 5) is 24.7. The van der Waals surface area contributed by atoms with Crippen molar-refractivity contribution in [1.82, 2.24) is 14.7 Å². The number of hydrogen-bond donors (Lipinski definition) is 1. The van der Waals surface area contributed by atoms with Crippen LogP contribution < -0.4 is 0 Å². The lowest BCUT2D eigenvalue weighted by Gasteiger charge is -2.21. The van der Waals surface area contributed by atoms with Crippen molar-refractivity contribution in [2.75, 3.05) is 6.54 Å². The zero-order valence-electron chi connectivity index (χ0n) is 9.88. The SMILES string of the molecule is Cc1c(C(=O)N2CCC[C@@H]2C(=O)O)cnn1C. The molecule has 0 aliphatic carbocycles. The van der Waals surface area contributed by atoms with Crippen molar-refractivity contribution in [3.8, 4) is 0 Å². The summed E-state index contributed by atoms with van der Waals surface area (Å²) in [7, 11) is 1.75. The summed E-state index contributed by atoms with van der Waals surface area (Å²) in [6.45, 7) is 2.30. The number of aromatic nitrogens is 2. The van der Waals surface area contributed by atoms with Crippen molar-refractivity contribution in [3.05, 3.63) is 17.5 Å². The van der Waals surface area contributed by atoms with Gasteiger partial charge in [-0.2, -0.15) is 5.10 Å². The molecule has 17 heavy (non-hydrogen) atoms. The predicted molar refractivity (Wildman–Crippen MR) is 59.6 cm³/mol. The first-order valence-corrected chi connectivity index (χ1v) is 5.54. The minimum Gasteiger partial charge on any atom is -0.480 e. The van der Waals surface area contributed by atoms with Gasteiger partial charge in [0, 0.05) is 19.3 Å². The molecule has 92 valence electrons. The standard InChI is InChI=1S/C11H15N3O3/c1-7-8(6-12-13(7)2)10(15)14-5-3-4-9(14)11(16)17/h6,9H,3-5H2,1-2H3,(H,16,17)/t9-/m1/s1. The van der Waals surface area contributed by atoms with E-state index in [1.54, 1.807) is 18.7 Å². The van der Waals surface area contributed by atoms with Gasteiger partial charge in [0.25, 0.3) is 5.91 Å². The van der Waals surface area contributed by atoms with Gasteiger partial charge in [-0.15, -0.1) is 0 Å². The number of carboxylic acids is 1. The second-order valence-corrected chi connectivity index (χ2v) is 4.26. The van der Waals surface area contributed by atoms with Crippen LogP contribution in [0.15, 0.2) is 6.20 Å². The van der Waals surface area contributed by atoms with E-state index >= 15 is 0 Å². The first-order chi connectivity index (χ1) is 8.02. The number of hydrogen-bond acceptors (Lipinski definition) is 3. The van der Waals surface area contributed by atoms with Crippen LogP contribution in [0.1, 0.15) is 28.9 Å². The molecule has 0 aromatic carbocycles. The lowest BCUT2D eigenvalue weighted by molar-refractivity contribution is -0.141. The molecule has 0 unspecified atom stereocenters. The minimum absolute atomic E-state index is 0.236. The molecule has 1 amide bonds. The van der Waals surface area contributed by atoms with Crippen molar-refractivity contribution in [3.63, 3.8) is 0 Å². The number of aryl methyl sites for hydroxylation is 1. The highest BCUT2D eigenvalue weighted by Gasteiger charge is 2.35. The Morgan fingerprint density at radius 2 is 2.24 bits per heavy atom. The summed E-state index contributed by atoms with van der Waals surface area (Å²) in [6, 6.07) is -0.692. The maximum absolute atomic E-state index is 12.2. The van der Waals surface area contributed by atoms with Gasteiger partial charge in [-0.1, -0.05) is 0 Å². The van der Waals surface area contributed by atoms with E-state index in [-0.39, 0.29) is 5.91 Å². The number of likely N-dealkylation sites (tertiary alicyclic amines) is 1. The van der Waals surface area contributed by atoms with Crippen LogP contribution >= 0.6 is 0 Å². The zero-order chi connectivity index (χ0) is 12.6. The van der Waals surface area contributed by atoms with E-state index in [0.29, 0.717) is 18.5 Å². The molecule has 2 heterocycles. The van der Waals surface area contributed by atoms with Crippen molar-refractivity contribution < 1.29 is 14.7 Å². The quantitative estimate of drug-likeness (QED) is 0.808. The number of nitrogens with zero attached hydrogens (tertiary/aromatic N) is 3. The Balaban J connectivity index is 2.26. The first kappa shape index (κ1) is 11.6. The van der Waals surface area contributed by atoms with Crippen molar-refractivity contribution in [2.45, 2.75) is 25.8 Å². The second kappa shape index (κ2) is 4.20. The molecule has 1 aromatic heterocycles. The van der Waals surface area contributed by atoms with Crippen molar-refractivity contribution >= 4 is 11.9 Å². The molecule has 1 atom stereocenters. The van der Waals surface area contributed by atoms with E-state index < -0.39 is 12.0 Å². The molecular weight excluding hydrogens is 222 g/mol. The second-order valence-electron chi connectivity index (χ2n) is 4.26. The molecule has 6 heteroatoms. The first-order valence-electron chi connectivity index (χ1n) is 5.54. The topological polar surface area (TPSA) is 75.4 Å². The largest absolute Gasteiger partial charge is 0.480 e. The van der Waals surface area contributed by atoms with Gasteiger partial charge in [0.05, 0.1) is 11.8 Å². The van der Waals surface area contributed by atoms with Crippen LogP contribution in [0.3, 0.4) is 0 Å². The molecule has 1 aromatic rings. The van der Waals surface area contributed by atoms with Gasteiger partial charge in [-0.25, -0.2) is 4.79 Å². The average Bonchev–Trinajstić information content (AvgIpc) is 2.87. The smallest absolute Gasteiger partial charge is 0.326 e. The number of amides is 1. The molecule has 1 aliphatic rings. The highest BCUT2D eigenvalue weighted by Crippen LogP contribution is 2.21. The number of carbonyl (C=O) groups is 2. The van der Waals surface area contributed by atoms with Crippen molar-refractivity contribution in [2.24, 2.45) is 7.05 Å². The summed E-state index contributed by atoms with van der Waals surface area (Å²) >= 11 is 0. The molecule has 1 saturated heterocycles. The molecule has 0 bridgehead atoms. The Bertz CT molecular complexity index is 467. The number of carboxylic acid groups (broad SMARTS) is 1. The van der Waals surface area contributed by atoms with Crippen LogP contribution in [0.2, 0.25) is 0 Å². The van der Waals surface area contributed by atoms with Gasteiger partial charge < -0.3 is 10.0 Å². The fourth-order valence-corrected chi connectivity index (χ4v) is 2.13. The monoisotopic (exact) mass is 237 g/mol. The highest BCUT2D eigenvalue weighted by molar-refractivity contribution is 5.97. The molecule has 2 rings (SSSR count). The van der Waals surface area contributed by atoms with Gasteiger partial charge in [-0.05, 0) is 19.8 Å². The molecular formula is C11H15N3O3. The number of rotatable bonds is 2. The summed E-state index contributed by atoms with van der Waals surface area (Å²) < 4.78 is 1.61. The van der Waals surface area contributed by atoms with Crippen LogP contribution in [0.4, 0.5) is 0 Å². The number of carbonyl (C=O) groups excluding carboxylic acids is 1. The van der Waals surface area contributed by atoms with E-state index in [1.165, 1.54) is 11.1 Å². The van der Waals surface area contributed by atoms with E-state index in [0.717, 1.165) is 12.1 Å². The van der Waals surface area contributed by atoms with Gasteiger partial charge in [-0.3, -0.25) is 9.48 Å². The van der Waals surface area contributed by atoms with Gasteiger partial charge in [0.15, 0.2) is 0 Å². The summed E-state index contributed by atoms with van der Waals surface area (Å²) in [5.41, 5.74) is 1.24. The van der Waals surface area contributed by atoms with Gasteiger partial charge >= 0.3 is 5.97 Å². The van der Waals surface area contributed by atoms with E-state index in [2.05, 4.69) is 5.10 Å². The van der Waals surface area contributed by atoms with E-state index in [4.69, 9.17) is 5.11 Å². The van der Waals surface area contributed by atoms with E-state index in [1.807, 2.05) is 0 Å². The number of aliphatic carboxylic acids is 1. The van der Waals surface area contributed by atoms with Crippen LogP contribution in [0, 0.1) is 6.92 Å². The highest BCUT2D eigenvalue weighted by atomic mass is 16.4. The Kier molecular flexibility index (Phi) is 2.87. The lowest BCUT2D eigenvalue weighted by atomic mass is 10.2. The van der Waals surface area contributed by atoms with Crippen LogP contribution in [0.5, 0.6) is 0 Å². The molecule has 0 radical (unpaired) electrons. The Morgan fingerprint density at radius 1 is 1.53 bits per heavy atom. The van der Waals surface area contributed by atoms with E-state index in [9.17, 15) is 9.59 Å². The molecule has 1 aliphatic heterocycles. The maximum atomic E-state index is 12.2. The molecule has 0 spiro atoms.